The molecule has 1 heterocycles. The molecule has 0 atom stereocenters. The van der Waals surface area contributed by atoms with Gasteiger partial charge in [-0.05, 0) is 37.9 Å². The number of amides is 1. The Balaban J connectivity index is 2.00. The Kier molecular flexibility index (Phi) is 6.54. The fraction of sp³-hybridized carbons (Fsp3) is 0.588. The second-order valence-electron chi connectivity index (χ2n) is 5.78. The molecule has 23 heavy (non-hydrogen) atoms. The van der Waals surface area contributed by atoms with Crippen molar-refractivity contribution in [3.05, 3.63) is 22.7 Å². The van der Waals surface area contributed by atoms with Gasteiger partial charge in [-0.2, -0.15) is 0 Å². The molecule has 2 rings (SSSR count). The zero-order chi connectivity index (χ0) is 16.8. The van der Waals surface area contributed by atoms with Crippen LogP contribution in [0.15, 0.2) is 12.1 Å². The summed E-state index contributed by atoms with van der Waals surface area (Å²) in [5, 5.41) is 3.46. The van der Waals surface area contributed by atoms with Crippen LogP contribution in [0.5, 0.6) is 11.5 Å². The number of likely N-dealkylation sites (tertiary alicyclic amines) is 1. The summed E-state index contributed by atoms with van der Waals surface area (Å²) in [6.07, 6.45) is 3.13. The lowest BCUT2D eigenvalue weighted by Gasteiger charge is -2.32. The Morgan fingerprint density at radius 1 is 1.30 bits per heavy atom. The monoisotopic (exact) mass is 340 g/mol. The van der Waals surface area contributed by atoms with E-state index < -0.39 is 0 Å². The first-order valence-corrected chi connectivity index (χ1v) is 8.41. The molecule has 0 unspecified atom stereocenters. The van der Waals surface area contributed by atoms with E-state index in [4.69, 9.17) is 21.1 Å². The third kappa shape index (κ3) is 4.52. The van der Waals surface area contributed by atoms with Crippen molar-refractivity contribution in [3.63, 3.8) is 0 Å². The minimum absolute atomic E-state index is 0.123. The van der Waals surface area contributed by atoms with Crippen molar-refractivity contribution in [3.8, 4) is 11.5 Å². The summed E-state index contributed by atoms with van der Waals surface area (Å²) in [7, 11) is 3.05. The first-order valence-electron chi connectivity index (χ1n) is 8.03. The molecule has 1 aliphatic rings. The highest BCUT2D eigenvalue weighted by Gasteiger charge is 2.22. The van der Waals surface area contributed by atoms with E-state index in [0.29, 0.717) is 22.1 Å². The Morgan fingerprint density at radius 2 is 2.00 bits per heavy atom. The van der Waals surface area contributed by atoms with Gasteiger partial charge in [-0.25, -0.2) is 0 Å². The predicted molar refractivity (Wildman–Crippen MR) is 91.8 cm³/mol. The van der Waals surface area contributed by atoms with Crippen LogP contribution >= 0.6 is 11.6 Å². The molecule has 1 fully saturated rings. The highest BCUT2D eigenvalue weighted by molar-refractivity contribution is 6.32. The fourth-order valence-electron chi connectivity index (χ4n) is 2.93. The number of nitrogens with one attached hydrogen (secondary N) is 1. The van der Waals surface area contributed by atoms with Crippen molar-refractivity contribution in [1.82, 2.24) is 10.2 Å². The van der Waals surface area contributed by atoms with Gasteiger partial charge >= 0.3 is 0 Å². The molecule has 1 aromatic rings. The van der Waals surface area contributed by atoms with Gasteiger partial charge in [-0.15, -0.1) is 0 Å². The van der Waals surface area contributed by atoms with Gasteiger partial charge in [0, 0.05) is 24.7 Å². The van der Waals surface area contributed by atoms with Crippen LogP contribution in [0.1, 0.15) is 36.5 Å². The summed E-state index contributed by atoms with van der Waals surface area (Å²) in [6.45, 7) is 5.39. The van der Waals surface area contributed by atoms with Gasteiger partial charge in [-0.3, -0.25) is 4.79 Å². The maximum atomic E-state index is 12.5. The van der Waals surface area contributed by atoms with Crippen LogP contribution in [0.4, 0.5) is 0 Å². The molecule has 0 aromatic heterocycles. The van der Waals surface area contributed by atoms with E-state index in [1.54, 1.807) is 12.1 Å². The zero-order valence-corrected chi connectivity index (χ0v) is 14.8. The predicted octanol–water partition coefficient (Wildman–Crippen LogP) is 2.96. The lowest BCUT2D eigenvalue weighted by molar-refractivity contribution is 0.0910. The summed E-state index contributed by atoms with van der Waals surface area (Å²) in [6, 6.07) is 3.49. The van der Waals surface area contributed by atoms with E-state index in [0.717, 1.165) is 32.5 Å². The smallest absolute Gasteiger partial charge is 0.251 e. The molecule has 1 amide bonds. The van der Waals surface area contributed by atoms with Gasteiger partial charge in [0.25, 0.3) is 5.91 Å². The normalized spacial score (nSPS) is 16.2. The highest BCUT2D eigenvalue weighted by atomic mass is 35.5. The van der Waals surface area contributed by atoms with Gasteiger partial charge in [0.15, 0.2) is 11.5 Å². The standard InChI is InChI=1S/C17H25ClN2O3/c1-4-7-20-8-5-13(6-9-20)19-17(21)12-10-14(18)16(23-3)15(11-12)22-2/h10-11,13H,4-9H2,1-3H3,(H,19,21). The first kappa shape index (κ1) is 17.9. The van der Waals surface area contributed by atoms with Crippen molar-refractivity contribution < 1.29 is 14.3 Å². The Bertz CT molecular complexity index is 543. The Labute approximate surface area is 142 Å². The number of hydrogen-bond acceptors (Lipinski definition) is 4. The van der Waals surface area contributed by atoms with E-state index in [1.165, 1.54) is 20.6 Å². The van der Waals surface area contributed by atoms with E-state index >= 15 is 0 Å². The fourth-order valence-corrected chi connectivity index (χ4v) is 3.22. The maximum absolute atomic E-state index is 12.5. The van der Waals surface area contributed by atoms with E-state index in [-0.39, 0.29) is 11.9 Å². The van der Waals surface area contributed by atoms with Crippen molar-refractivity contribution >= 4 is 17.5 Å². The summed E-state index contributed by atoms with van der Waals surface area (Å²) in [5.74, 6) is 0.781. The van der Waals surface area contributed by atoms with Gasteiger partial charge in [-0.1, -0.05) is 18.5 Å². The number of halogens is 1. The molecular weight excluding hydrogens is 316 g/mol. The molecule has 128 valence electrons. The zero-order valence-electron chi connectivity index (χ0n) is 14.0. The molecule has 0 saturated carbocycles. The van der Waals surface area contributed by atoms with Gasteiger partial charge in [0.05, 0.1) is 19.2 Å². The summed E-state index contributed by atoms with van der Waals surface area (Å²) in [5.41, 5.74) is 0.489. The van der Waals surface area contributed by atoms with E-state index in [1.807, 2.05) is 0 Å². The molecule has 1 N–H and O–H groups in total. The first-order chi connectivity index (χ1) is 11.1. The van der Waals surface area contributed by atoms with Gasteiger partial charge < -0.3 is 19.7 Å². The lowest BCUT2D eigenvalue weighted by Crippen LogP contribution is -2.44. The highest BCUT2D eigenvalue weighted by Crippen LogP contribution is 2.36. The number of benzene rings is 1. The van der Waals surface area contributed by atoms with Crippen molar-refractivity contribution in [2.75, 3.05) is 33.9 Å². The quantitative estimate of drug-likeness (QED) is 0.865. The molecule has 0 aliphatic carbocycles. The molecule has 0 bridgehead atoms. The van der Waals surface area contributed by atoms with Crippen molar-refractivity contribution in [2.24, 2.45) is 0 Å². The lowest BCUT2D eigenvalue weighted by atomic mass is 10.0. The average Bonchev–Trinajstić information content (AvgIpc) is 2.56. The van der Waals surface area contributed by atoms with Gasteiger partial charge in [0.2, 0.25) is 0 Å². The number of piperidine rings is 1. The number of nitrogens with zero attached hydrogens (tertiary/aromatic N) is 1. The molecular formula is C17H25ClN2O3. The minimum Gasteiger partial charge on any atom is -0.493 e. The molecule has 1 aliphatic heterocycles. The second-order valence-corrected chi connectivity index (χ2v) is 6.19. The molecule has 0 radical (unpaired) electrons. The number of ether oxygens (including phenoxy) is 2. The molecule has 0 spiro atoms. The maximum Gasteiger partial charge on any atom is 0.251 e. The summed E-state index contributed by atoms with van der Waals surface area (Å²) < 4.78 is 10.4. The number of hydrogen-bond donors (Lipinski definition) is 1. The van der Waals surface area contributed by atoms with Crippen LogP contribution in [0.25, 0.3) is 0 Å². The molecule has 1 saturated heterocycles. The minimum atomic E-state index is -0.123. The van der Waals surface area contributed by atoms with Crippen LogP contribution in [-0.4, -0.2) is 50.7 Å². The van der Waals surface area contributed by atoms with Gasteiger partial charge in [0.1, 0.15) is 0 Å². The van der Waals surface area contributed by atoms with Crippen LogP contribution in [0, 0.1) is 0 Å². The van der Waals surface area contributed by atoms with Crippen molar-refractivity contribution in [1.29, 1.82) is 0 Å². The Morgan fingerprint density at radius 3 is 2.57 bits per heavy atom. The average molecular weight is 341 g/mol. The van der Waals surface area contributed by atoms with Crippen LogP contribution in [0.2, 0.25) is 5.02 Å². The number of methoxy groups -OCH3 is 2. The van der Waals surface area contributed by atoms with E-state index in [2.05, 4.69) is 17.1 Å². The van der Waals surface area contributed by atoms with Crippen molar-refractivity contribution in [2.45, 2.75) is 32.2 Å². The van der Waals surface area contributed by atoms with Crippen LogP contribution < -0.4 is 14.8 Å². The second kappa shape index (κ2) is 8.41. The SMILES string of the molecule is CCCN1CCC(NC(=O)c2cc(Cl)c(OC)c(OC)c2)CC1. The summed E-state index contributed by atoms with van der Waals surface area (Å²) in [4.78, 5) is 14.9. The Hall–Kier alpha value is -1.46. The summed E-state index contributed by atoms with van der Waals surface area (Å²) >= 11 is 6.16. The number of carbonyl (C=O) groups is 1. The number of carbonyl (C=O) groups excluding carboxylic acids is 1. The topological polar surface area (TPSA) is 50.8 Å². The molecule has 6 heteroatoms. The van der Waals surface area contributed by atoms with E-state index in [9.17, 15) is 4.79 Å². The van der Waals surface area contributed by atoms with Crippen LogP contribution in [-0.2, 0) is 0 Å². The third-order valence-electron chi connectivity index (χ3n) is 4.16. The third-order valence-corrected chi connectivity index (χ3v) is 4.44. The molecule has 5 nitrogen and oxygen atoms in total. The van der Waals surface area contributed by atoms with Crippen LogP contribution in [0.3, 0.4) is 0 Å². The largest absolute Gasteiger partial charge is 0.493 e. The molecule has 1 aromatic carbocycles. The number of rotatable bonds is 6.